The van der Waals surface area contributed by atoms with E-state index in [0.717, 1.165) is 0 Å². The van der Waals surface area contributed by atoms with E-state index in [1.54, 1.807) is 30.5 Å². The van der Waals surface area contributed by atoms with Crippen LogP contribution in [0.25, 0.3) is 11.3 Å². The van der Waals surface area contributed by atoms with Gasteiger partial charge < -0.3 is 0 Å². The zero-order valence-electron chi connectivity index (χ0n) is 12.5. The number of hydrogen-bond donors (Lipinski definition) is 2. The highest BCUT2D eigenvalue weighted by molar-refractivity contribution is 7.98. The summed E-state index contributed by atoms with van der Waals surface area (Å²) >= 11 is 7.40. The summed E-state index contributed by atoms with van der Waals surface area (Å²) in [5.41, 5.74) is 1.21. The molecule has 0 aliphatic heterocycles. The van der Waals surface area contributed by atoms with E-state index >= 15 is 0 Å². The monoisotopic (exact) mass is 380 g/mol. The van der Waals surface area contributed by atoms with Gasteiger partial charge in [0.05, 0.1) is 16.3 Å². The summed E-state index contributed by atoms with van der Waals surface area (Å²) in [4.78, 5) is 4.28. The lowest BCUT2D eigenvalue weighted by Crippen LogP contribution is -2.14. The minimum Gasteiger partial charge on any atom is -0.263 e. The molecule has 0 spiro atoms. The van der Waals surface area contributed by atoms with Crippen molar-refractivity contribution in [1.82, 2.24) is 15.2 Å². The second-order valence-electron chi connectivity index (χ2n) is 4.73. The standard InChI is InChI=1S/C15H13ClN4O2S2/c1-23-15-13(11-7-4-5-9-17-11)14(18-19-15)20-24(21,22)12-8-3-2-6-10(12)16/h2-9H,1H3,(H2,18,19,20). The summed E-state index contributed by atoms with van der Waals surface area (Å²) in [5.74, 6) is 0.248. The first-order chi connectivity index (χ1) is 11.5. The van der Waals surface area contributed by atoms with Crippen LogP contribution in [0.3, 0.4) is 0 Å². The topological polar surface area (TPSA) is 87.7 Å². The van der Waals surface area contributed by atoms with Crippen molar-refractivity contribution in [2.24, 2.45) is 0 Å². The smallest absolute Gasteiger partial charge is 0.263 e. The zero-order valence-corrected chi connectivity index (χ0v) is 14.9. The van der Waals surface area contributed by atoms with Gasteiger partial charge in [-0.25, -0.2) is 8.42 Å². The Kier molecular flexibility index (Phi) is 4.79. The number of aromatic nitrogens is 3. The molecule has 124 valence electrons. The van der Waals surface area contributed by atoms with Gasteiger partial charge in [-0.3, -0.25) is 14.8 Å². The van der Waals surface area contributed by atoms with Crippen molar-refractivity contribution in [3.05, 3.63) is 53.7 Å². The van der Waals surface area contributed by atoms with E-state index < -0.39 is 10.0 Å². The first-order valence-electron chi connectivity index (χ1n) is 6.84. The van der Waals surface area contributed by atoms with Gasteiger partial charge in [0.25, 0.3) is 10.0 Å². The number of nitrogens with one attached hydrogen (secondary N) is 2. The highest BCUT2D eigenvalue weighted by atomic mass is 35.5. The van der Waals surface area contributed by atoms with Crippen LogP contribution in [-0.4, -0.2) is 29.9 Å². The third-order valence-electron chi connectivity index (χ3n) is 3.21. The van der Waals surface area contributed by atoms with Crippen LogP contribution in [0.4, 0.5) is 5.82 Å². The lowest BCUT2D eigenvalue weighted by molar-refractivity contribution is 0.601. The van der Waals surface area contributed by atoms with Gasteiger partial charge in [-0.05, 0) is 30.5 Å². The molecule has 6 nitrogen and oxygen atoms in total. The van der Waals surface area contributed by atoms with Gasteiger partial charge in [-0.15, -0.1) is 11.8 Å². The minimum atomic E-state index is -3.86. The quantitative estimate of drug-likeness (QED) is 0.659. The summed E-state index contributed by atoms with van der Waals surface area (Å²) in [6, 6.07) is 11.6. The number of halogens is 1. The summed E-state index contributed by atoms with van der Waals surface area (Å²) in [5, 5.41) is 7.67. The number of nitrogens with zero attached hydrogens (tertiary/aromatic N) is 2. The summed E-state index contributed by atoms with van der Waals surface area (Å²) in [7, 11) is -3.86. The van der Waals surface area contributed by atoms with E-state index in [0.29, 0.717) is 16.3 Å². The van der Waals surface area contributed by atoms with E-state index in [9.17, 15) is 8.42 Å². The number of thioether (sulfide) groups is 1. The van der Waals surface area contributed by atoms with Crippen molar-refractivity contribution in [2.75, 3.05) is 11.0 Å². The summed E-state index contributed by atoms with van der Waals surface area (Å²) in [6.07, 6.45) is 3.49. The predicted octanol–water partition coefficient (Wildman–Crippen LogP) is 3.65. The Morgan fingerprint density at radius 3 is 2.58 bits per heavy atom. The predicted molar refractivity (Wildman–Crippen MR) is 95.9 cm³/mol. The summed E-state index contributed by atoms with van der Waals surface area (Å²) in [6.45, 7) is 0. The van der Waals surface area contributed by atoms with E-state index in [1.165, 1.54) is 23.9 Å². The van der Waals surface area contributed by atoms with Gasteiger partial charge in [0.1, 0.15) is 15.7 Å². The maximum atomic E-state index is 12.6. The van der Waals surface area contributed by atoms with Gasteiger partial charge in [0.2, 0.25) is 0 Å². The van der Waals surface area contributed by atoms with Crippen LogP contribution in [-0.2, 0) is 10.0 Å². The molecule has 0 radical (unpaired) electrons. The molecule has 3 rings (SSSR count). The molecule has 1 aromatic carbocycles. The molecule has 0 bridgehead atoms. The molecule has 2 N–H and O–H groups in total. The molecule has 3 aromatic rings. The maximum Gasteiger partial charge on any atom is 0.264 e. The first kappa shape index (κ1) is 16.8. The van der Waals surface area contributed by atoms with Crippen molar-refractivity contribution in [1.29, 1.82) is 0 Å². The number of pyridine rings is 1. The lowest BCUT2D eigenvalue weighted by atomic mass is 10.2. The zero-order chi connectivity index (χ0) is 17.2. The Morgan fingerprint density at radius 2 is 1.92 bits per heavy atom. The van der Waals surface area contributed by atoms with Crippen LogP contribution >= 0.6 is 23.4 Å². The van der Waals surface area contributed by atoms with Crippen molar-refractivity contribution < 1.29 is 8.42 Å². The van der Waals surface area contributed by atoms with Crippen molar-refractivity contribution >= 4 is 39.2 Å². The number of anilines is 1. The van der Waals surface area contributed by atoms with Gasteiger partial charge >= 0.3 is 0 Å². The van der Waals surface area contributed by atoms with E-state index in [4.69, 9.17) is 11.6 Å². The number of hydrogen-bond acceptors (Lipinski definition) is 5. The highest BCUT2D eigenvalue weighted by Crippen LogP contribution is 2.34. The van der Waals surface area contributed by atoms with Crippen molar-refractivity contribution in [3.63, 3.8) is 0 Å². The Hall–Kier alpha value is -2.03. The van der Waals surface area contributed by atoms with Gasteiger partial charge in [0, 0.05) is 6.20 Å². The number of aromatic amines is 1. The largest absolute Gasteiger partial charge is 0.264 e. The van der Waals surface area contributed by atoms with Gasteiger partial charge in [-0.2, -0.15) is 5.10 Å². The second kappa shape index (κ2) is 6.84. The number of sulfonamides is 1. The SMILES string of the molecule is CSc1n[nH]c(NS(=O)(=O)c2ccccc2Cl)c1-c1ccccn1. The Bertz CT molecular complexity index is 959. The van der Waals surface area contributed by atoms with Crippen LogP contribution in [0.5, 0.6) is 0 Å². The molecule has 2 aromatic heterocycles. The molecule has 0 aliphatic carbocycles. The molecular formula is C15H13ClN4O2S2. The fraction of sp³-hybridized carbons (Fsp3) is 0.0667. The van der Waals surface area contributed by atoms with Gasteiger partial charge in [-0.1, -0.05) is 29.8 Å². The van der Waals surface area contributed by atoms with Crippen LogP contribution in [0.15, 0.2) is 58.6 Å². The Labute approximate surface area is 148 Å². The van der Waals surface area contributed by atoms with Crippen LogP contribution < -0.4 is 4.72 Å². The molecule has 0 atom stereocenters. The molecule has 2 heterocycles. The van der Waals surface area contributed by atoms with Crippen molar-refractivity contribution in [3.8, 4) is 11.3 Å². The Balaban J connectivity index is 2.06. The molecule has 0 unspecified atom stereocenters. The molecule has 9 heteroatoms. The average molecular weight is 381 g/mol. The summed E-state index contributed by atoms with van der Waals surface area (Å²) < 4.78 is 27.8. The van der Waals surface area contributed by atoms with Crippen LogP contribution in [0.2, 0.25) is 5.02 Å². The van der Waals surface area contributed by atoms with Crippen LogP contribution in [0, 0.1) is 0 Å². The molecule has 0 saturated heterocycles. The van der Waals surface area contributed by atoms with Crippen LogP contribution in [0.1, 0.15) is 0 Å². The molecule has 0 fully saturated rings. The number of benzene rings is 1. The van der Waals surface area contributed by atoms with E-state index in [1.807, 2.05) is 12.3 Å². The van der Waals surface area contributed by atoms with E-state index in [-0.39, 0.29) is 15.7 Å². The minimum absolute atomic E-state index is 0.000982. The number of rotatable bonds is 5. The second-order valence-corrected chi connectivity index (χ2v) is 7.59. The normalized spacial score (nSPS) is 11.4. The maximum absolute atomic E-state index is 12.6. The third-order valence-corrected chi connectivity index (χ3v) is 5.74. The first-order valence-corrected chi connectivity index (χ1v) is 9.92. The lowest BCUT2D eigenvalue weighted by Gasteiger charge is -2.09. The fourth-order valence-electron chi connectivity index (χ4n) is 2.15. The van der Waals surface area contributed by atoms with E-state index in [2.05, 4.69) is 19.9 Å². The fourth-order valence-corrected chi connectivity index (χ4v) is 4.24. The third kappa shape index (κ3) is 3.26. The molecule has 0 amide bonds. The molecule has 0 saturated carbocycles. The molecular weight excluding hydrogens is 368 g/mol. The van der Waals surface area contributed by atoms with Crippen molar-refractivity contribution in [2.45, 2.75) is 9.92 Å². The molecule has 0 aliphatic rings. The van der Waals surface area contributed by atoms with Gasteiger partial charge in [0.15, 0.2) is 0 Å². The Morgan fingerprint density at radius 1 is 1.17 bits per heavy atom. The molecule has 24 heavy (non-hydrogen) atoms. The average Bonchev–Trinajstić information content (AvgIpc) is 2.97. The highest BCUT2D eigenvalue weighted by Gasteiger charge is 2.23. The number of H-pyrrole nitrogens is 1.